The molecule has 1 aromatic carbocycles. The van der Waals surface area contributed by atoms with E-state index in [9.17, 15) is 9.59 Å². The fourth-order valence-electron chi connectivity index (χ4n) is 2.49. The second-order valence-corrected chi connectivity index (χ2v) is 6.54. The lowest BCUT2D eigenvalue weighted by Gasteiger charge is -2.17. The SMILES string of the molecule is Cc1noc(C)c1COc1ccc(CC(=O)NC(C(=O)O)C(C)C)cc1. The molecule has 0 fully saturated rings. The minimum absolute atomic E-state index is 0.112. The fourth-order valence-corrected chi connectivity index (χ4v) is 2.49. The van der Waals surface area contributed by atoms with Crippen molar-refractivity contribution in [3.05, 3.63) is 46.8 Å². The van der Waals surface area contributed by atoms with Gasteiger partial charge in [0.15, 0.2) is 0 Å². The van der Waals surface area contributed by atoms with Crippen LogP contribution in [-0.2, 0) is 22.6 Å². The topological polar surface area (TPSA) is 102 Å². The molecule has 0 saturated heterocycles. The number of carbonyl (C=O) groups is 2. The summed E-state index contributed by atoms with van der Waals surface area (Å²) in [6, 6.07) is 6.23. The zero-order valence-corrected chi connectivity index (χ0v) is 15.4. The van der Waals surface area contributed by atoms with E-state index in [1.165, 1.54) is 0 Å². The standard InChI is InChI=1S/C19H24N2O5/c1-11(2)18(19(23)24)20-17(22)9-14-5-7-15(8-6-14)25-10-16-12(3)21-26-13(16)4/h5-8,11,18H,9-10H2,1-4H3,(H,20,22)(H,23,24). The van der Waals surface area contributed by atoms with Crippen LogP contribution in [0.25, 0.3) is 0 Å². The Morgan fingerprint density at radius 3 is 2.38 bits per heavy atom. The molecule has 2 N–H and O–H groups in total. The van der Waals surface area contributed by atoms with Crippen molar-refractivity contribution < 1.29 is 24.0 Å². The molecule has 0 aliphatic heterocycles. The second kappa shape index (κ2) is 8.51. The minimum atomic E-state index is -1.03. The van der Waals surface area contributed by atoms with Gasteiger partial charge in [-0.3, -0.25) is 4.79 Å². The van der Waals surface area contributed by atoms with Crippen LogP contribution in [0.4, 0.5) is 0 Å². The summed E-state index contributed by atoms with van der Waals surface area (Å²) in [5.41, 5.74) is 2.50. The molecule has 26 heavy (non-hydrogen) atoms. The molecule has 1 amide bonds. The normalized spacial score (nSPS) is 12.0. The molecule has 1 atom stereocenters. The molecule has 1 heterocycles. The van der Waals surface area contributed by atoms with Crippen LogP contribution in [0.2, 0.25) is 0 Å². The molecule has 140 valence electrons. The molecule has 0 spiro atoms. The predicted octanol–water partition coefficient (Wildman–Crippen LogP) is 2.64. The molecule has 2 aromatic rings. The average molecular weight is 360 g/mol. The maximum Gasteiger partial charge on any atom is 0.326 e. The number of ether oxygens (including phenoxy) is 1. The number of aryl methyl sites for hydroxylation is 2. The Hall–Kier alpha value is -2.83. The van der Waals surface area contributed by atoms with E-state index in [0.717, 1.165) is 22.6 Å². The Bertz CT molecular complexity index is 745. The number of aromatic nitrogens is 1. The van der Waals surface area contributed by atoms with Crippen LogP contribution >= 0.6 is 0 Å². The monoisotopic (exact) mass is 360 g/mol. The predicted molar refractivity (Wildman–Crippen MR) is 94.9 cm³/mol. The zero-order valence-electron chi connectivity index (χ0n) is 15.4. The molecule has 0 radical (unpaired) electrons. The second-order valence-electron chi connectivity index (χ2n) is 6.54. The van der Waals surface area contributed by atoms with Crippen molar-refractivity contribution in [2.45, 2.75) is 46.8 Å². The summed E-state index contributed by atoms with van der Waals surface area (Å²) >= 11 is 0. The summed E-state index contributed by atoms with van der Waals surface area (Å²) in [7, 11) is 0. The average Bonchev–Trinajstić information content (AvgIpc) is 2.90. The molecular weight excluding hydrogens is 336 g/mol. The summed E-state index contributed by atoms with van der Waals surface area (Å²) < 4.78 is 10.8. The lowest BCUT2D eigenvalue weighted by molar-refractivity contribution is -0.143. The molecule has 1 aromatic heterocycles. The quantitative estimate of drug-likeness (QED) is 0.750. The lowest BCUT2D eigenvalue weighted by atomic mass is 10.0. The number of carboxylic acids is 1. The van der Waals surface area contributed by atoms with E-state index in [1.54, 1.807) is 38.1 Å². The number of hydrogen-bond donors (Lipinski definition) is 2. The van der Waals surface area contributed by atoms with Crippen LogP contribution < -0.4 is 10.1 Å². The van der Waals surface area contributed by atoms with Gasteiger partial charge in [0.25, 0.3) is 0 Å². The van der Waals surface area contributed by atoms with Gasteiger partial charge in [-0.25, -0.2) is 4.79 Å². The zero-order chi connectivity index (χ0) is 19.3. The third-order valence-electron chi connectivity index (χ3n) is 4.10. The van der Waals surface area contributed by atoms with Gasteiger partial charge in [-0.1, -0.05) is 31.1 Å². The molecule has 0 aliphatic rings. The Balaban J connectivity index is 1.90. The van der Waals surface area contributed by atoms with Gasteiger partial charge in [0.2, 0.25) is 5.91 Å². The first kappa shape index (κ1) is 19.5. The van der Waals surface area contributed by atoms with E-state index in [0.29, 0.717) is 12.4 Å². The Morgan fingerprint density at radius 2 is 1.88 bits per heavy atom. The van der Waals surface area contributed by atoms with Crippen molar-refractivity contribution in [1.82, 2.24) is 10.5 Å². The summed E-state index contributed by atoms with van der Waals surface area (Å²) in [6.45, 7) is 7.56. The Morgan fingerprint density at radius 1 is 1.23 bits per heavy atom. The number of nitrogens with zero attached hydrogens (tertiary/aromatic N) is 1. The van der Waals surface area contributed by atoms with E-state index in [1.807, 2.05) is 13.8 Å². The molecule has 0 bridgehead atoms. The van der Waals surface area contributed by atoms with E-state index in [4.69, 9.17) is 14.4 Å². The third kappa shape index (κ3) is 5.08. The molecule has 1 unspecified atom stereocenters. The van der Waals surface area contributed by atoms with E-state index in [2.05, 4.69) is 10.5 Å². The van der Waals surface area contributed by atoms with Gasteiger partial charge in [0, 0.05) is 0 Å². The Labute approximate surface area is 152 Å². The van der Waals surface area contributed by atoms with Gasteiger partial charge < -0.3 is 19.7 Å². The van der Waals surface area contributed by atoms with Gasteiger partial charge in [0.1, 0.15) is 24.2 Å². The first-order valence-corrected chi connectivity index (χ1v) is 8.43. The number of amides is 1. The van der Waals surface area contributed by atoms with Crippen molar-refractivity contribution in [3.63, 3.8) is 0 Å². The molecule has 2 rings (SSSR count). The number of carboxylic acid groups (broad SMARTS) is 1. The molecule has 0 aliphatic carbocycles. The number of hydrogen-bond acceptors (Lipinski definition) is 5. The van der Waals surface area contributed by atoms with E-state index in [-0.39, 0.29) is 18.2 Å². The van der Waals surface area contributed by atoms with E-state index < -0.39 is 12.0 Å². The molecular formula is C19H24N2O5. The van der Waals surface area contributed by atoms with Crippen LogP contribution in [0.15, 0.2) is 28.8 Å². The number of benzene rings is 1. The number of nitrogens with one attached hydrogen (secondary N) is 1. The highest BCUT2D eigenvalue weighted by Gasteiger charge is 2.23. The van der Waals surface area contributed by atoms with Crippen molar-refractivity contribution in [2.24, 2.45) is 5.92 Å². The van der Waals surface area contributed by atoms with Crippen molar-refractivity contribution in [2.75, 3.05) is 0 Å². The summed E-state index contributed by atoms with van der Waals surface area (Å²) in [4.78, 5) is 23.2. The van der Waals surface area contributed by atoms with Crippen LogP contribution in [0.1, 0.15) is 36.4 Å². The summed E-state index contributed by atoms with van der Waals surface area (Å²) in [5, 5.41) is 15.6. The fraction of sp³-hybridized carbons (Fsp3) is 0.421. The van der Waals surface area contributed by atoms with E-state index >= 15 is 0 Å². The van der Waals surface area contributed by atoms with Crippen molar-refractivity contribution in [1.29, 1.82) is 0 Å². The highest BCUT2D eigenvalue weighted by molar-refractivity contribution is 5.85. The number of carbonyl (C=O) groups excluding carboxylic acids is 1. The number of rotatable bonds is 8. The van der Waals surface area contributed by atoms with Gasteiger partial charge in [-0.05, 0) is 37.5 Å². The highest BCUT2D eigenvalue weighted by atomic mass is 16.5. The van der Waals surface area contributed by atoms with Crippen LogP contribution in [0.5, 0.6) is 5.75 Å². The largest absolute Gasteiger partial charge is 0.489 e. The smallest absolute Gasteiger partial charge is 0.326 e. The van der Waals surface area contributed by atoms with Crippen LogP contribution in [0.3, 0.4) is 0 Å². The molecule has 7 heteroatoms. The number of aliphatic carboxylic acids is 1. The van der Waals surface area contributed by atoms with Gasteiger partial charge in [-0.15, -0.1) is 0 Å². The molecule has 0 saturated carbocycles. The van der Waals surface area contributed by atoms with Crippen LogP contribution in [-0.4, -0.2) is 28.2 Å². The minimum Gasteiger partial charge on any atom is -0.489 e. The highest BCUT2D eigenvalue weighted by Crippen LogP contribution is 2.18. The van der Waals surface area contributed by atoms with Crippen molar-refractivity contribution in [3.8, 4) is 5.75 Å². The summed E-state index contributed by atoms with van der Waals surface area (Å²) in [5.74, 6) is -0.142. The lowest BCUT2D eigenvalue weighted by Crippen LogP contribution is -2.44. The maximum atomic E-state index is 12.0. The third-order valence-corrected chi connectivity index (χ3v) is 4.10. The molecule has 7 nitrogen and oxygen atoms in total. The summed E-state index contributed by atoms with van der Waals surface area (Å²) in [6.07, 6.45) is 0.112. The van der Waals surface area contributed by atoms with Crippen LogP contribution in [0, 0.1) is 19.8 Å². The first-order chi connectivity index (χ1) is 12.3. The Kier molecular flexibility index (Phi) is 6.38. The van der Waals surface area contributed by atoms with Crippen molar-refractivity contribution >= 4 is 11.9 Å². The van der Waals surface area contributed by atoms with Gasteiger partial charge >= 0.3 is 5.97 Å². The van der Waals surface area contributed by atoms with Gasteiger partial charge in [0.05, 0.1) is 17.7 Å². The van der Waals surface area contributed by atoms with Gasteiger partial charge in [-0.2, -0.15) is 0 Å². The first-order valence-electron chi connectivity index (χ1n) is 8.43. The maximum absolute atomic E-state index is 12.0.